The van der Waals surface area contributed by atoms with Crippen molar-refractivity contribution in [2.45, 2.75) is 27.0 Å². The van der Waals surface area contributed by atoms with E-state index in [4.69, 9.17) is 4.74 Å². The van der Waals surface area contributed by atoms with Gasteiger partial charge in [0, 0.05) is 11.8 Å². The Kier molecular flexibility index (Phi) is 4.78. The summed E-state index contributed by atoms with van der Waals surface area (Å²) in [6.07, 6.45) is 0. The summed E-state index contributed by atoms with van der Waals surface area (Å²) < 4.78 is 19.4. The molecule has 1 heterocycles. The van der Waals surface area contributed by atoms with Crippen LogP contribution < -0.4 is 10.0 Å². The molecular formula is C14H21N4O2P. The molecule has 1 aromatic heterocycles. The summed E-state index contributed by atoms with van der Waals surface area (Å²) in [5.41, 5.74) is 0. The second-order valence-electron chi connectivity index (χ2n) is 5.80. The topological polar surface area (TPSA) is 69.9 Å². The SMILES string of the molecule is CC(C)Cn1nnnc1COc1ccc(P(C)(C)=O)cc1. The van der Waals surface area contributed by atoms with Crippen LogP contribution in [0.1, 0.15) is 19.7 Å². The van der Waals surface area contributed by atoms with E-state index in [9.17, 15) is 4.57 Å². The average molecular weight is 308 g/mol. The second kappa shape index (κ2) is 6.39. The highest BCUT2D eigenvalue weighted by Gasteiger charge is 2.11. The van der Waals surface area contributed by atoms with Crippen LogP contribution in [0.15, 0.2) is 24.3 Å². The maximum Gasteiger partial charge on any atom is 0.189 e. The first-order valence-electron chi connectivity index (χ1n) is 6.89. The molecule has 0 unspecified atom stereocenters. The van der Waals surface area contributed by atoms with Crippen LogP contribution >= 0.6 is 7.14 Å². The summed E-state index contributed by atoms with van der Waals surface area (Å²) in [4.78, 5) is 0. The van der Waals surface area contributed by atoms with Gasteiger partial charge in [-0.25, -0.2) is 4.68 Å². The van der Waals surface area contributed by atoms with Gasteiger partial charge in [0.2, 0.25) is 0 Å². The van der Waals surface area contributed by atoms with E-state index in [2.05, 4.69) is 29.4 Å². The summed E-state index contributed by atoms with van der Waals surface area (Å²) in [7, 11) is -2.22. The van der Waals surface area contributed by atoms with Crippen molar-refractivity contribution in [3.8, 4) is 5.75 Å². The van der Waals surface area contributed by atoms with Gasteiger partial charge in [-0.2, -0.15) is 0 Å². The Morgan fingerprint density at radius 2 is 1.90 bits per heavy atom. The van der Waals surface area contributed by atoms with Crippen molar-refractivity contribution in [3.63, 3.8) is 0 Å². The van der Waals surface area contributed by atoms with Gasteiger partial charge in [-0.1, -0.05) is 13.8 Å². The highest BCUT2D eigenvalue weighted by molar-refractivity contribution is 7.70. The smallest absolute Gasteiger partial charge is 0.189 e. The zero-order chi connectivity index (χ0) is 15.5. The number of benzene rings is 1. The zero-order valence-corrected chi connectivity index (χ0v) is 13.7. The van der Waals surface area contributed by atoms with E-state index in [1.807, 2.05) is 24.3 Å². The molecule has 114 valence electrons. The minimum atomic E-state index is -2.22. The molecular weight excluding hydrogens is 287 g/mol. The Balaban J connectivity index is 2.00. The fraction of sp³-hybridized carbons (Fsp3) is 0.500. The summed E-state index contributed by atoms with van der Waals surface area (Å²) in [5, 5.41) is 12.5. The van der Waals surface area contributed by atoms with Gasteiger partial charge in [-0.15, -0.1) is 5.10 Å². The monoisotopic (exact) mass is 308 g/mol. The van der Waals surface area contributed by atoms with Crippen molar-refractivity contribution in [3.05, 3.63) is 30.1 Å². The lowest BCUT2D eigenvalue weighted by Gasteiger charge is -2.10. The predicted molar refractivity (Wildman–Crippen MR) is 82.5 cm³/mol. The molecule has 0 bridgehead atoms. The summed E-state index contributed by atoms with van der Waals surface area (Å²) >= 11 is 0. The molecule has 0 aliphatic carbocycles. The van der Waals surface area contributed by atoms with E-state index in [1.54, 1.807) is 18.0 Å². The quantitative estimate of drug-likeness (QED) is 0.765. The van der Waals surface area contributed by atoms with Gasteiger partial charge < -0.3 is 9.30 Å². The van der Waals surface area contributed by atoms with E-state index >= 15 is 0 Å². The van der Waals surface area contributed by atoms with Gasteiger partial charge in [-0.05, 0) is 53.9 Å². The Morgan fingerprint density at radius 1 is 1.24 bits per heavy atom. The first-order chi connectivity index (χ1) is 9.86. The molecule has 0 aliphatic heterocycles. The molecule has 21 heavy (non-hydrogen) atoms. The van der Waals surface area contributed by atoms with E-state index in [1.165, 1.54) is 0 Å². The van der Waals surface area contributed by atoms with Crippen molar-refractivity contribution in [2.24, 2.45) is 5.92 Å². The van der Waals surface area contributed by atoms with E-state index < -0.39 is 7.14 Å². The minimum Gasteiger partial charge on any atom is -0.486 e. The molecule has 0 N–H and O–H groups in total. The molecule has 1 aromatic carbocycles. The number of aromatic nitrogens is 4. The number of ether oxygens (including phenoxy) is 1. The van der Waals surface area contributed by atoms with Crippen LogP contribution in [-0.4, -0.2) is 33.5 Å². The van der Waals surface area contributed by atoms with Gasteiger partial charge in [0.05, 0.1) is 0 Å². The third kappa shape index (κ3) is 4.39. The third-order valence-corrected chi connectivity index (χ3v) is 4.51. The summed E-state index contributed by atoms with van der Waals surface area (Å²) in [5.74, 6) is 1.88. The number of tetrazole rings is 1. The molecule has 7 heteroatoms. The van der Waals surface area contributed by atoms with Gasteiger partial charge >= 0.3 is 0 Å². The van der Waals surface area contributed by atoms with Crippen molar-refractivity contribution < 1.29 is 9.30 Å². The van der Waals surface area contributed by atoms with Crippen LogP contribution in [0.2, 0.25) is 0 Å². The number of nitrogens with zero attached hydrogens (tertiary/aromatic N) is 4. The maximum absolute atomic E-state index is 11.9. The van der Waals surface area contributed by atoms with Crippen LogP contribution in [0.25, 0.3) is 0 Å². The predicted octanol–water partition coefficient (Wildman–Crippen LogP) is 2.16. The standard InChI is InChI=1S/C14H21N4O2P/c1-11(2)9-18-14(15-16-17-18)10-20-12-5-7-13(8-6-12)21(3,4)19/h5-8,11H,9-10H2,1-4H3. The van der Waals surface area contributed by atoms with Crippen LogP contribution in [0, 0.1) is 5.92 Å². The summed E-state index contributed by atoms with van der Waals surface area (Å²) in [6, 6.07) is 7.33. The van der Waals surface area contributed by atoms with Crippen LogP contribution in [0.5, 0.6) is 5.75 Å². The van der Waals surface area contributed by atoms with Crippen LogP contribution in [0.3, 0.4) is 0 Å². The van der Waals surface area contributed by atoms with Crippen molar-refractivity contribution in [2.75, 3.05) is 13.3 Å². The molecule has 0 spiro atoms. The molecule has 0 saturated heterocycles. The highest BCUT2D eigenvalue weighted by Crippen LogP contribution is 2.34. The Bertz CT molecular complexity index is 631. The van der Waals surface area contributed by atoms with Crippen LogP contribution in [0.4, 0.5) is 0 Å². The molecule has 2 rings (SSSR count). The zero-order valence-electron chi connectivity index (χ0n) is 12.9. The van der Waals surface area contributed by atoms with Gasteiger partial charge in [-0.3, -0.25) is 0 Å². The van der Waals surface area contributed by atoms with Gasteiger partial charge in [0.1, 0.15) is 19.5 Å². The molecule has 2 aromatic rings. The number of rotatable bonds is 6. The van der Waals surface area contributed by atoms with E-state index in [0.717, 1.165) is 11.8 Å². The van der Waals surface area contributed by atoms with Crippen molar-refractivity contribution in [1.82, 2.24) is 20.2 Å². The lowest BCUT2D eigenvalue weighted by atomic mass is 10.2. The molecule has 0 atom stereocenters. The largest absolute Gasteiger partial charge is 0.486 e. The fourth-order valence-corrected chi connectivity index (χ4v) is 2.73. The fourth-order valence-electron chi connectivity index (χ4n) is 1.86. The Hall–Kier alpha value is -1.68. The lowest BCUT2D eigenvalue weighted by Crippen LogP contribution is -2.12. The Morgan fingerprint density at radius 3 is 2.48 bits per heavy atom. The normalized spacial score (nSPS) is 11.9. The molecule has 0 amide bonds. The average Bonchev–Trinajstić information content (AvgIpc) is 2.82. The van der Waals surface area contributed by atoms with Gasteiger partial charge in [0.15, 0.2) is 5.82 Å². The maximum atomic E-state index is 11.9. The van der Waals surface area contributed by atoms with Crippen molar-refractivity contribution in [1.29, 1.82) is 0 Å². The van der Waals surface area contributed by atoms with E-state index in [-0.39, 0.29) is 0 Å². The van der Waals surface area contributed by atoms with Crippen molar-refractivity contribution >= 4 is 12.4 Å². The number of hydrogen-bond donors (Lipinski definition) is 0. The first-order valence-corrected chi connectivity index (χ1v) is 9.50. The Labute approximate surface area is 124 Å². The summed E-state index contributed by atoms with van der Waals surface area (Å²) in [6.45, 7) is 8.80. The molecule has 0 saturated carbocycles. The highest BCUT2D eigenvalue weighted by atomic mass is 31.2. The molecule has 0 aliphatic rings. The van der Waals surface area contributed by atoms with Gasteiger partial charge in [0.25, 0.3) is 0 Å². The molecule has 6 nitrogen and oxygen atoms in total. The lowest BCUT2D eigenvalue weighted by molar-refractivity contribution is 0.282. The third-order valence-electron chi connectivity index (χ3n) is 2.97. The first kappa shape index (κ1) is 15.7. The molecule has 0 radical (unpaired) electrons. The minimum absolute atomic E-state index is 0.314. The number of hydrogen-bond acceptors (Lipinski definition) is 5. The van der Waals surface area contributed by atoms with E-state index in [0.29, 0.717) is 24.1 Å². The second-order valence-corrected chi connectivity index (χ2v) is 9.02. The molecule has 0 fully saturated rings. The van der Waals surface area contributed by atoms with Crippen LogP contribution in [-0.2, 0) is 17.7 Å².